The largest absolute Gasteiger partial charge is 0.439 e. The van der Waals surface area contributed by atoms with Gasteiger partial charge in [-0.2, -0.15) is 0 Å². The maximum absolute atomic E-state index is 13.4. The van der Waals surface area contributed by atoms with E-state index < -0.39 is 6.04 Å². The van der Waals surface area contributed by atoms with Crippen molar-refractivity contribution in [3.8, 4) is 11.6 Å². The molecule has 0 aliphatic carbocycles. The number of imidazole rings is 1. The van der Waals surface area contributed by atoms with Crippen LogP contribution in [0.4, 0.5) is 4.39 Å². The van der Waals surface area contributed by atoms with Gasteiger partial charge in [0, 0.05) is 36.2 Å². The molecule has 0 fully saturated rings. The smallest absolute Gasteiger partial charge is 0.253 e. The number of benzene rings is 2. The first kappa shape index (κ1) is 20.7. The van der Waals surface area contributed by atoms with Gasteiger partial charge in [-0.3, -0.25) is 4.79 Å². The molecule has 0 unspecified atom stereocenters. The molecule has 6 nitrogen and oxygen atoms in total. The molecule has 4 aromatic rings. The van der Waals surface area contributed by atoms with Crippen LogP contribution in [-0.2, 0) is 7.05 Å². The minimum absolute atomic E-state index is 0.334. The number of nitrogens with zero attached hydrogens (tertiary/aromatic N) is 3. The van der Waals surface area contributed by atoms with Crippen LogP contribution < -0.4 is 10.1 Å². The van der Waals surface area contributed by atoms with Gasteiger partial charge >= 0.3 is 0 Å². The van der Waals surface area contributed by atoms with Gasteiger partial charge in [-0.1, -0.05) is 34.1 Å². The molecule has 2 heterocycles. The number of halogens is 2. The van der Waals surface area contributed by atoms with Gasteiger partial charge in [0.25, 0.3) is 5.91 Å². The lowest BCUT2D eigenvalue weighted by atomic mass is 10.1. The van der Waals surface area contributed by atoms with Gasteiger partial charge in [-0.15, -0.1) is 0 Å². The molecule has 2 aromatic carbocycles. The molecular weight excluding hydrogens is 463 g/mol. The Hall–Kier alpha value is -3.52. The molecule has 0 spiro atoms. The fraction of sp³-hybridized carbons (Fsp3) is 0.0870. The highest BCUT2D eigenvalue weighted by Gasteiger charge is 2.21. The van der Waals surface area contributed by atoms with Gasteiger partial charge in [0.15, 0.2) is 0 Å². The average Bonchev–Trinajstić information content (AvgIpc) is 3.19. The summed E-state index contributed by atoms with van der Waals surface area (Å²) in [6, 6.07) is 16.1. The minimum atomic E-state index is -0.550. The summed E-state index contributed by atoms with van der Waals surface area (Å²) in [7, 11) is 1.83. The van der Waals surface area contributed by atoms with E-state index in [1.54, 1.807) is 36.7 Å². The van der Waals surface area contributed by atoms with Crippen molar-refractivity contribution < 1.29 is 13.9 Å². The second-order valence-corrected chi connectivity index (χ2v) is 7.71. The highest BCUT2D eigenvalue weighted by Crippen LogP contribution is 2.24. The van der Waals surface area contributed by atoms with Crippen LogP contribution in [0.1, 0.15) is 27.8 Å². The molecule has 8 heteroatoms. The molecule has 0 aliphatic rings. The van der Waals surface area contributed by atoms with E-state index in [-0.39, 0.29) is 11.7 Å². The molecule has 0 bridgehead atoms. The standard InChI is InChI=1S/C23H18BrFN4O2/c1-29-12-11-26-22(29)21(15-5-8-18(25)9-6-15)28-23(30)16-7-10-20(27-14-16)31-19-4-2-3-17(24)13-19/h2-14,21H,1H3,(H,28,30)/t21-/m1/s1. The number of nitrogens with one attached hydrogen (secondary N) is 1. The van der Waals surface area contributed by atoms with E-state index in [0.29, 0.717) is 28.6 Å². The Labute approximate surface area is 186 Å². The van der Waals surface area contributed by atoms with Crippen LogP contribution in [0.25, 0.3) is 0 Å². The highest BCUT2D eigenvalue weighted by molar-refractivity contribution is 9.10. The van der Waals surface area contributed by atoms with E-state index in [0.717, 1.165) is 4.47 Å². The summed E-state index contributed by atoms with van der Waals surface area (Å²) in [6.07, 6.45) is 4.88. The van der Waals surface area contributed by atoms with Crippen molar-refractivity contribution >= 4 is 21.8 Å². The topological polar surface area (TPSA) is 69.0 Å². The van der Waals surface area contributed by atoms with Crippen molar-refractivity contribution in [2.45, 2.75) is 6.04 Å². The van der Waals surface area contributed by atoms with Crippen LogP contribution in [0.2, 0.25) is 0 Å². The Morgan fingerprint density at radius 2 is 1.94 bits per heavy atom. The van der Waals surface area contributed by atoms with Gasteiger partial charge in [0.05, 0.1) is 5.56 Å². The van der Waals surface area contributed by atoms with Crippen molar-refractivity contribution in [3.63, 3.8) is 0 Å². The number of aryl methyl sites for hydroxylation is 1. The molecule has 156 valence electrons. The summed E-state index contributed by atoms with van der Waals surface area (Å²) in [6.45, 7) is 0. The Kier molecular flexibility index (Phi) is 6.08. The number of ether oxygens (including phenoxy) is 1. The predicted molar refractivity (Wildman–Crippen MR) is 117 cm³/mol. The molecule has 4 rings (SSSR count). The summed E-state index contributed by atoms with van der Waals surface area (Å²) in [5.74, 6) is 0.944. The summed E-state index contributed by atoms with van der Waals surface area (Å²) in [4.78, 5) is 21.5. The zero-order valence-corrected chi connectivity index (χ0v) is 18.1. The monoisotopic (exact) mass is 480 g/mol. The summed E-state index contributed by atoms with van der Waals surface area (Å²) < 4.78 is 21.8. The molecular formula is C23H18BrFN4O2. The van der Waals surface area contributed by atoms with Gasteiger partial charge in [0.1, 0.15) is 23.4 Å². The van der Waals surface area contributed by atoms with Gasteiger partial charge in [-0.05, 0) is 42.0 Å². The van der Waals surface area contributed by atoms with Crippen molar-refractivity contribution in [2.24, 2.45) is 7.05 Å². The lowest BCUT2D eigenvalue weighted by molar-refractivity contribution is 0.0940. The number of aromatic nitrogens is 3. The quantitative estimate of drug-likeness (QED) is 0.420. The normalized spacial score (nSPS) is 11.7. The first-order valence-electron chi connectivity index (χ1n) is 9.42. The highest BCUT2D eigenvalue weighted by atomic mass is 79.9. The fourth-order valence-corrected chi connectivity index (χ4v) is 3.43. The molecule has 0 aliphatic heterocycles. The predicted octanol–water partition coefficient (Wildman–Crippen LogP) is 5.03. The Bertz CT molecular complexity index is 1190. The molecule has 0 saturated heterocycles. The van der Waals surface area contributed by atoms with E-state index in [4.69, 9.17) is 4.74 Å². The van der Waals surface area contributed by atoms with Crippen LogP contribution in [0, 0.1) is 5.82 Å². The summed E-state index contributed by atoms with van der Waals surface area (Å²) in [5, 5.41) is 2.96. The van der Waals surface area contributed by atoms with E-state index in [1.807, 2.05) is 35.9 Å². The van der Waals surface area contributed by atoms with Crippen molar-refractivity contribution in [3.05, 3.63) is 106 Å². The first-order chi connectivity index (χ1) is 15.0. The molecule has 1 atom stereocenters. The number of rotatable bonds is 6. The average molecular weight is 481 g/mol. The maximum atomic E-state index is 13.4. The number of carbonyl (C=O) groups is 1. The Morgan fingerprint density at radius 3 is 2.58 bits per heavy atom. The molecule has 0 saturated carbocycles. The lowest BCUT2D eigenvalue weighted by Crippen LogP contribution is -2.31. The number of hydrogen-bond acceptors (Lipinski definition) is 4. The molecule has 1 amide bonds. The molecule has 31 heavy (non-hydrogen) atoms. The Balaban J connectivity index is 1.53. The van der Waals surface area contributed by atoms with Crippen molar-refractivity contribution in [2.75, 3.05) is 0 Å². The summed E-state index contributed by atoms with van der Waals surface area (Å²) >= 11 is 3.39. The second kappa shape index (κ2) is 9.09. The third-order valence-corrected chi connectivity index (χ3v) is 5.11. The maximum Gasteiger partial charge on any atom is 0.253 e. The van der Waals surface area contributed by atoms with Gasteiger partial charge in [0.2, 0.25) is 5.88 Å². The van der Waals surface area contributed by atoms with Crippen molar-refractivity contribution in [1.82, 2.24) is 19.9 Å². The van der Waals surface area contributed by atoms with Gasteiger partial charge in [-0.25, -0.2) is 14.4 Å². The molecule has 2 aromatic heterocycles. The number of pyridine rings is 1. The number of amides is 1. The Morgan fingerprint density at radius 1 is 1.13 bits per heavy atom. The van der Waals surface area contributed by atoms with E-state index in [2.05, 4.69) is 31.2 Å². The number of carbonyl (C=O) groups excluding carboxylic acids is 1. The van der Waals surface area contributed by atoms with Crippen LogP contribution in [0.3, 0.4) is 0 Å². The third kappa shape index (κ3) is 4.97. The van der Waals surface area contributed by atoms with Crippen LogP contribution in [0.15, 0.2) is 83.7 Å². The minimum Gasteiger partial charge on any atom is -0.439 e. The van der Waals surface area contributed by atoms with Crippen LogP contribution >= 0.6 is 15.9 Å². The molecule has 0 radical (unpaired) electrons. The van der Waals surface area contributed by atoms with Crippen molar-refractivity contribution in [1.29, 1.82) is 0 Å². The zero-order valence-electron chi connectivity index (χ0n) is 16.5. The first-order valence-corrected chi connectivity index (χ1v) is 10.2. The number of hydrogen-bond donors (Lipinski definition) is 1. The lowest BCUT2D eigenvalue weighted by Gasteiger charge is -2.19. The van der Waals surface area contributed by atoms with E-state index >= 15 is 0 Å². The molecule has 1 N–H and O–H groups in total. The zero-order chi connectivity index (χ0) is 21.8. The van der Waals surface area contributed by atoms with Crippen LogP contribution in [-0.4, -0.2) is 20.4 Å². The fourth-order valence-electron chi connectivity index (χ4n) is 3.05. The SMILES string of the molecule is Cn1ccnc1[C@H](NC(=O)c1ccc(Oc2cccc(Br)c2)nc1)c1ccc(F)cc1. The van der Waals surface area contributed by atoms with E-state index in [1.165, 1.54) is 18.3 Å². The third-order valence-electron chi connectivity index (χ3n) is 4.61. The summed E-state index contributed by atoms with van der Waals surface area (Å²) in [5.41, 5.74) is 1.08. The van der Waals surface area contributed by atoms with Gasteiger partial charge < -0.3 is 14.6 Å². The van der Waals surface area contributed by atoms with E-state index in [9.17, 15) is 9.18 Å². The van der Waals surface area contributed by atoms with Crippen LogP contribution in [0.5, 0.6) is 11.6 Å². The second-order valence-electron chi connectivity index (χ2n) is 6.80.